The van der Waals surface area contributed by atoms with Gasteiger partial charge in [-0.2, -0.15) is 0 Å². The van der Waals surface area contributed by atoms with E-state index in [4.69, 9.17) is 9.15 Å². The number of halogens is 1. The van der Waals surface area contributed by atoms with Gasteiger partial charge < -0.3 is 24.3 Å². The van der Waals surface area contributed by atoms with Crippen molar-refractivity contribution in [2.24, 2.45) is 0 Å². The molecule has 4 rings (SSSR count). The van der Waals surface area contributed by atoms with Gasteiger partial charge in [-0.25, -0.2) is 9.37 Å². The van der Waals surface area contributed by atoms with E-state index in [1.54, 1.807) is 18.3 Å². The number of hydrogen-bond donors (Lipinski definition) is 1. The van der Waals surface area contributed by atoms with Gasteiger partial charge in [0.25, 0.3) is 5.91 Å². The Labute approximate surface area is 186 Å². The zero-order chi connectivity index (χ0) is 22.3. The molecular formula is C24H27FN4O3. The Balaban J connectivity index is 1.26. The molecule has 0 aliphatic carbocycles. The van der Waals surface area contributed by atoms with Crippen molar-refractivity contribution in [2.75, 3.05) is 38.1 Å². The fraction of sp³-hybridized carbons (Fsp3) is 0.333. The van der Waals surface area contributed by atoms with Gasteiger partial charge in [-0.05, 0) is 68.0 Å². The van der Waals surface area contributed by atoms with Crippen LogP contribution >= 0.6 is 0 Å². The zero-order valence-corrected chi connectivity index (χ0v) is 18.1. The second-order valence-electron chi connectivity index (χ2n) is 7.86. The van der Waals surface area contributed by atoms with E-state index in [2.05, 4.69) is 27.1 Å². The molecule has 1 aliphatic heterocycles. The number of carbonyl (C=O) groups excluding carboxylic acids is 1. The molecule has 0 radical (unpaired) electrons. The van der Waals surface area contributed by atoms with E-state index < -0.39 is 0 Å². The number of pyridine rings is 1. The second kappa shape index (κ2) is 10.3. The van der Waals surface area contributed by atoms with Crippen LogP contribution in [0, 0.1) is 5.82 Å². The first-order chi connectivity index (χ1) is 15.6. The van der Waals surface area contributed by atoms with E-state index in [1.165, 1.54) is 24.3 Å². The van der Waals surface area contributed by atoms with Crippen LogP contribution in [0.15, 0.2) is 59.1 Å². The summed E-state index contributed by atoms with van der Waals surface area (Å²) >= 11 is 0. The molecule has 1 fully saturated rings. The zero-order valence-electron chi connectivity index (χ0n) is 18.1. The Morgan fingerprint density at radius 3 is 2.72 bits per heavy atom. The average molecular weight is 439 g/mol. The number of rotatable bonds is 7. The fourth-order valence-electron chi connectivity index (χ4n) is 3.52. The van der Waals surface area contributed by atoms with E-state index in [-0.39, 0.29) is 24.1 Å². The number of carbonyl (C=O) groups is 1. The van der Waals surface area contributed by atoms with Crippen molar-refractivity contribution < 1.29 is 18.3 Å². The number of likely N-dealkylation sites (N-methyl/N-ethyl adjacent to an activating group) is 1. The highest BCUT2D eigenvalue weighted by Gasteiger charge is 2.14. The highest BCUT2D eigenvalue weighted by molar-refractivity contribution is 5.91. The van der Waals surface area contributed by atoms with E-state index in [1.807, 2.05) is 12.1 Å². The van der Waals surface area contributed by atoms with Gasteiger partial charge in [0.2, 0.25) is 0 Å². The smallest absolute Gasteiger partial charge is 0.287 e. The summed E-state index contributed by atoms with van der Waals surface area (Å²) in [5, 5.41) is 2.85. The third-order valence-corrected chi connectivity index (χ3v) is 5.39. The number of hydrogen-bond acceptors (Lipinski definition) is 6. The van der Waals surface area contributed by atoms with Crippen LogP contribution in [-0.2, 0) is 13.2 Å². The van der Waals surface area contributed by atoms with Gasteiger partial charge in [-0.3, -0.25) is 4.79 Å². The number of anilines is 1. The number of nitrogens with one attached hydrogen (secondary N) is 1. The SMILES string of the molecule is CN1CCCN(c2ccc(CNC(=O)c3ccc(COc4ccc(F)cc4)o3)cn2)CC1. The first kappa shape index (κ1) is 21.8. The molecule has 1 N–H and O–H groups in total. The Hall–Kier alpha value is -3.39. The molecule has 3 aromatic rings. The molecule has 0 atom stereocenters. The maximum absolute atomic E-state index is 12.9. The summed E-state index contributed by atoms with van der Waals surface area (Å²) in [6.45, 7) is 4.60. The van der Waals surface area contributed by atoms with Crippen molar-refractivity contribution in [3.05, 3.63) is 77.6 Å². The van der Waals surface area contributed by atoms with Crippen molar-refractivity contribution in [1.82, 2.24) is 15.2 Å². The van der Waals surface area contributed by atoms with E-state index >= 15 is 0 Å². The largest absolute Gasteiger partial charge is 0.486 e. The molecule has 32 heavy (non-hydrogen) atoms. The molecule has 1 saturated heterocycles. The van der Waals surface area contributed by atoms with Gasteiger partial charge in [0.1, 0.15) is 29.8 Å². The van der Waals surface area contributed by atoms with Crippen LogP contribution in [0.2, 0.25) is 0 Å². The first-order valence-electron chi connectivity index (χ1n) is 10.7. The molecule has 168 valence electrons. The number of nitrogens with zero attached hydrogens (tertiary/aromatic N) is 3. The van der Waals surface area contributed by atoms with Crippen LogP contribution in [0.4, 0.5) is 10.2 Å². The summed E-state index contributed by atoms with van der Waals surface area (Å²) in [5.41, 5.74) is 0.917. The maximum atomic E-state index is 12.9. The summed E-state index contributed by atoms with van der Waals surface area (Å²) < 4.78 is 24.0. The van der Waals surface area contributed by atoms with Crippen molar-refractivity contribution in [2.45, 2.75) is 19.6 Å². The van der Waals surface area contributed by atoms with Crippen LogP contribution in [0.1, 0.15) is 28.3 Å². The number of ether oxygens (including phenoxy) is 1. The minimum absolute atomic E-state index is 0.149. The molecule has 7 nitrogen and oxygen atoms in total. The second-order valence-corrected chi connectivity index (χ2v) is 7.86. The predicted octanol–water partition coefficient (Wildman–Crippen LogP) is 3.46. The number of furan rings is 1. The molecule has 0 spiro atoms. The number of benzene rings is 1. The monoisotopic (exact) mass is 438 g/mol. The van der Waals surface area contributed by atoms with Crippen LogP contribution in [-0.4, -0.2) is 49.0 Å². The van der Waals surface area contributed by atoms with Gasteiger partial charge in [-0.15, -0.1) is 0 Å². The van der Waals surface area contributed by atoms with Crippen molar-refractivity contribution in [1.29, 1.82) is 0 Å². The van der Waals surface area contributed by atoms with E-state index in [9.17, 15) is 9.18 Å². The Kier molecular flexibility index (Phi) is 7.01. The highest BCUT2D eigenvalue weighted by Crippen LogP contribution is 2.16. The lowest BCUT2D eigenvalue weighted by atomic mass is 10.2. The average Bonchev–Trinajstić information content (AvgIpc) is 3.18. The minimum Gasteiger partial charge on any atom is -0.486 e. The molecule has 0 unspecified atom stereocenters. The maximum Gasteiger partial charge on any atom is 0.287 e. The molecule has 1 amide bonds. The molecule has 8 heteroatoms. The molecule has 0 bridgehead atoms. The molecule has 1 aliphatic rings. The van der Waals surface area contributed by atoms with Crippen LogP contribution in [0.3, 0.4) is 0 Å². The molecule has 2 aromatic heterocycles. The summed E-state index contributed by atoms with van der Waals surface area (Å²) in [6, 6.07) is 13.0. The lowest BCUT2D eigenvalue weighted by Gasteiger charge is -2.21. The van der Waals surface area contributed by atoms with Gasteiger partial charge in [0.05, 0.1) is 0 Å². The predicted molar refractivity (Wildman–Crippen MR) is 119 cm³/mol. The summed E-state index contributed by atoms with van der Waals surface area (Å²) in [7, 11) is 2.14. The Bertz CT molecular complexity index is 1020. The van der Waals surface area contributed by atoms with Crippen LogP contribution in [0.5, 0.6) is 5.75 Å². The summed E-state index contributed by atoms with van der Waals surface area (Å²) in [6.07, 6.45) is 2.92. The highest BCUT2D eigenvalue weighted by atomic mass is 19.1. The van der Waals surface area contributed by atoms with Gasteiger partial charge in [0.15, 0.2) is 5.76 Å². The molecule has 0 saturated carbocycles. The molecule has 3 heterocycles. The van der Waals surface area contributed by atoms with Crippen molar-refractivity contribution >= 4 is 11.7 Å². The summed E-state index contributed by atoms with van der Waals surface area (Å²) in [5.74, 6) is 1.57. The van der Waals surface area contributed by atoms with E-state index in [0.29, 0.717) is 18.1 Å². The molecule has 1 aromatic carbocycles. The van der Waals surface area contributed by atoms with Gasteiger partial charge in [-0.1, -0.05) is 6.07 Å². The Morgan fingerprint density at radius 2 is 1.94 bits per heavy atom. The van der Waals surface area contributed by atoms with E-state index in [0.717, 1.165) is 44.0 Å². The van der Waals surface area contributed by atoms with Gasteiger partial charge in [0, 0.05) is 32.4 Å². The quantitative estimate of drug-likeness (QED) is 0.609. The normalized spacial score (nSPS) is 14.8. The number of amides is 1. The van der Waals surface area contributed by atoms with Crippen molar-refractivity contribution in [3.63, 3.8) is 0 Å². The fourth-order valence-corrected chi connectivity index (χ4v) is 3.52. The topological polar surface area (TPSA) is 70.8 Å². The number of aromatic nitrogens is 1. The standard InChI is InChI=1S/C24H27FN4O3/c1-28-11-2-12-29(14-13-28)23-10-3-18(15-26-23)16-27-24(30)22-9-8-21(32-22)17-31-20-6-4-19(25)5-7-20/h3-10,15H,2,11-14,16-17H2,1H3,(H,27,30). The lowest BCUT2D eigenvalue weighted by Crippen LogP contribution is -2.29. The minimum atomic E-state index is -0.325. The van der Waals surface area contributed by atoms with Crippen LogP contribution in [0.25, 0.3) is 0 Å². The van der Waals surface area contributed by atoms with Gasteiger partial charge >= 0.3 is 0 Å². The third-order valence-electron chi connectivity index (χ3n) is 5.39. The molecular weight excluding hydrogens is 411 g/mol. The summed E-state index contributed by atoms with van der Waals surface area (Å²) in [4.78, 5) is 21.6. The Morgan fingerprint density at radius 1 is 1.09 bits per heavy atom. The third kappa shape index (κ3) is 5.85. The first-order valence-corrected chi connectivity index (χ1v) is 10.7. The lowest BCUT2D eigenvalue weighted by molar-refractivity contribution is 0.0919. The van der Waals surface area contributed by atoms with Crippen LogP contribution < -0.4 is 15.0 Å². The van der Waals surface area contributed by atoms with Crippen molar-refractivity contribution in [3.8, 4) is 5.75 Å².